The fourth-order valence-corrected chi connectivity index (χ4v) is 2.92. The molecule has 0 unspecified atom stereocenters. The number of rotatable bonds is 9. The number of hydrogen-bond acceptors (Lipinski definition) is 5. The lowest BCUT2D eigenvalue weighted by molar-refractivity contribution is -0.154. The molecular formula is C19H25NO6. The number of nitrogens with one attached hydrogen (secondary N) is 1. The first kappa shape index (κ1) is 19.9. The van der Waals surface area contributed by atoms with Crippen LogP contribution >= 0.6 is 0 Å². The number of Topliss-reactive ketones (excluding diaryl/α,β-unsaturated/α-hetero) is 1. The van der Waals surface area contributed by atoms with E-state index in [0.29, 0.717) is 43.8 Å². The Morgan fingerprint density at radius 3 is 2.38 bits per heavy atom. The second kappa shape index (κ2) is 9.33. The Morgan fingerprint density at radius 1 is 1.15 bits per heavy atom. The summed E-state index contributed by atoms with van der Waals surface area (Å²) < 4.78 is 10.3. The highest BCUT2D eigenvalue weighted by Crippen LogP contribution is 2.30. The maximum Gasteiger partial charge on any atom is 0.311 e. The van der Waals surface area contributed by atoms with E-state index in [9.17, 15) is 19.5 Å². The Balaban J connectivity index is 1.74. The summed E-state index contributed by atoms with van der Waals surface area (Å²) in [4.78, 5) is 35.6. The molecule has 0 spiro atoms. The van der Waals surface area contributed by atoms with Gasteiger partial charge in [0.05, 0.1) is 12.5 Å². The molecule has 142 valence electrons. The number of ether oxygens (including phenoxy) is 2. The number of hydrogen-bond donors (Lipinski definition) is 2. The van der Waals surface area contributed by atoms with E-state index in [4.69, 9.17) is 9.47 Å². The van der Waals surface area contributed by atoms with Crippen molar-refractivity contribution < 1.29 is 29.0 Å². The molecule has 1 aliphatic heterocycles. The van der Waals surface area contributed by atoms with Gasteiger partial charge in [0.1, 0.15) is 5.75 Å². The number of carboxylic acids is 1. The van der Waals surface area contributed by atoms with Crippen LogP contribution in [0, 0.1) is 5.41 Å². The smallest absolute Gasteiger partial charge is 0.311 e. The van der Waals surface area contributed by atoms with Gasteiger partial charge in [-0.25, -0.2) is 0 Å². The van der Waals surface area contributed by atoms with Crippen LogP contribution in [0.3, 0.4) is 0 Å². The first-order valence-corrected chi connectivity index (χ1v) is 8.72. The number of carbonyl (C=O) groups is 3. The molecule has 1 aromatic rings. The Labute approximate surface area is 152 Å². The summed E-state index contributed by atoms with van der Waals surface area (Å²) in [6, 6.07) is 6.84. The highest BCUT2D eigenvalue weighted by molar-refractivity contribution is 5.96. The summed E-state index contributed by atoms with van der Waals surface area (Å²) in [5.41, 5.74) is -0.370. The van der Waals surface area contributed by atoms with Gasteiger partial charge >= 0.3 is 5.97 Å². The van der Waals surface area contributed by atoms with Crippen molar-refractivity contribution >= 4 is 17.7 Å². The van der Waals surface area contributed by atoms with Gasteiger partial charge in [0.15, 0.2) is 5.78 Å². The molecule has 0 radical (unpaired) electrons. The lowest BCUT2D eigenvalue weighted by Crippen LogP contribution is -2.46. The molecule has 0 saturated carbocycles. The van der Waals surface area contributed by atoms with Crippen LogP contribution in [-0.2, 0) is 14.3 Å². The number of methoxy groups -OCH3 is 1. The Morgan fingerprint density at radius 2 is 1.81 bits per heavy atom. The number of benzene rings is 1. The van der Waals surface area contributed by atoms with Crippen molar-refractivity contribution in [1.82, 2.24) is 5.32 Å². The topological polar surface area (TPSA) is 102 Å². The van der Waals surface area contributed by atoms with Gasteiger partial charge in [-0.2, -0.15) is 0 Å². The van der Waals surface area contributed by atoms with Crippen LogP contribution in [0.15, 0.2) is 24.3 Å². The second-order valence-corrected chi connectivity index (χ2v) is 6.48. The predicted octanol–water partition coefficient (Wildman–Crippen LogP) is 2.05. The summed E-state index contributed by atoms with van der Waals surface area (Å²) in [5, 5.41) is 12.2. The third-order valence-electron chi connectivity index (χ3n) is 4.75. The minimum Gasteiger partial charge on any atom is -0.497 e. The molecule has 7 nitrogen and oxygen atoms in total. The molecule has 0 aromatic heterocycles. The van der Waals surface area contributed by atoms with Gasteiger partial charge < -0.3 is 19.9 Å². The molecule has 1 aromatic carbocycles. The maximum absolute atomic E-state index is 12.1. The van der Waals surface area contributed by atoms with E-state index < -0.39 is 11.4 Å². The van der Waals surface area contributed by atoms with Crippen LogP contribution in [0.4, 0.5) is 0 Å². The molecule has 0 aliphatic carbocycles. The quantitative estimate of drug-likeness (QED) is 0.651. The maximum atomic E-state index is 12.1. The first-order valence-electron chi connectivity index (χ1n) is 8.72. The van der Waals surface area contributed by atoms with Crippen molar-refractivity contribution in [3.05, 3.63) is 29.8 Å². The highest BCUT2D eigenvalue weighted by atomic mass is 16.5. The Kier molecular flexibility index (Phi) is 7.15. The zero-order valence-corrected chi connectivity index (χ0v) is 15.0. The fourth-order valence-electron chi connectivity index (χ4n) is 2.92. The van der Waals surface area contributed by atoms with Crippen molar-refractivity contribution in [2.45, 2.75) is 32.1 Å². The number of amides is 1. The van der Waals surface area contributed by atoms with Gasteiger partial charge in [0, 0.05) is 38.2 Å². The molecule has 7 heteroatoms. The molecule has 2 N–H and O–H groups in total. The summed E-state index contributed by atoms with van der Waals surface area (Å²) in [7, 11) is 1.56. The lowest BCUT2D eigenvalue weighted by atomic mass is 9.80. The van der Waals surface area contributed by atoms with E-state index in [0.717, 1.165) is 0 Å². The normalized spacial score (nSPS) is 15.9. The molecule has 2 rings (SSSR count). The largest absolute Gasteiger partial charge is 0.497 e. The SMILES string of the molecule is COc1ccc(C(=O)CCCC(=O)NCC2(C(=O)O)CCOCC2)cc1. The summed E-state index contributed by atoms with van der Waals surface area (Å²) in [6.45, 7) is 0.869. The van der Waals surface area contributed by atoms with Crippen molar-refractivity contribution in [3.63, 3.8) is 0 Å². The monoisotopic (exact) mass is 363 g/mol. The molecule has 1 amide bonds. The third kappa shape index (κ3) is 5.29. The highest BCUT2D eigenvalue weighted by Gasteiger charge is 2.40. The lowest BCUT2D eigenvalue weighted by Gasteiger charge is -2.33. The Bertz CT molecular complexity index is 634. The molecule has 0 bridgehead atoms. The average Bonchev–Trinajstić information content (AvgIpc) is 2.67. The summed E-state index contributed by atoms with van der Waals surface area (Å²) in [6.07, 6.45) is 1.64. The number of carboxylic acid groups (broad SMARTS) is 1. The van der Waals surface area contributed by atoms with Crippen molar-refractivity contribution in [3.8, 4) is 5.75 Å². The molecule has 1 aliphatic rings. The second-order valence-electron chi connectivity index (χ2n) is 6.48. The minimum atomic E-state index is -0.952. The van der Waals surface area contributed by atoms with E-state index in [1.165, 1.54) is 0 Å². The van der Waals surface area contributed by atoms with Gasteiger partial charge in [-0.15, -0.1) is 0 Å². The summed E-state index contributed by atoms with van der Waals surface area (Å²) in [5.74, 6) is -0.497. The van der Waals surface area contributed by atoms with Crippen LogP contribution in [0.5, 0.6) is 5.75 Å². The van der Waals surface area contributed by atoms with Gasteiger partial charge in [0.25, 0.3) is 0 Å². The van der Waals surface area contributed by atoms with Crippen LogP contribution in [-0.4, -0.2) is 49.6 Å². The fraction of sp³-hybridized carbons (Fsp3) is 0.526. The molecule has 26 heavy (non-hydrogen) atoms. The summed E-state index contributed by atoms with van der Waals surface area (Å²) >= 11 is 0. The van der Waals surface area contributed by atoms with Crippen LogP contribution < -0.4 is 10.1 Å². The predicted molar refractivity (Wildman–Crippen MR) is 94.3 cm³/mol. The van der Waals surface area contributed by atoms with E-state index in [1.54, 1.807) is 31.4 Å². The number of ketones is 1. The van der Waals surface area contributed by atoms with Crippen LogP contribution in [0.1, 0.15) is 42.5 Å². The zero-order valence-electron chi connectivity index (χ0n) is 15.0. The number of aliphatic carboxylic acids is 1. The van der Waals surface area contributed by atoms with E-state index >= 15 is 0 Å². The third-order valence-corrected chi connectivity index (χ3v) is 4.75. The standard InChI is InChI=1S/C19H25NO6/c1-25-15-7-5-14(6-8-15)16(21)3-2-4-17(22)20-13-19(18(23)24)9-11-26-12-10-19/h5-8H,2-4,9-13H2,1H3,(H,20,22)(H,23,24). The van der Waals surface area contributed by atoms with E-state index in [2.05, 4.69) is 5.32 Å². The van der Waals surface area contributed by atoms with Crippen molar-refractivity contribution in [1.29, 1.82) is 0 Å². The van der Waals surface area contributed by atoms with Gasteiger partial charge in [-0.05, 0) is 43.5 Å². The first-order chi connectivity index (χ1) is 12.5. The molecule has 0 atom stereocenters. The zero-order chi connectivity index (χ0) is 19.0. The van der Waals surface area contributed by atoms with Crippen molar-refractivity contribution in [2.24, 2.45) is 5.41 Å². The molecular weight excluding hydrogens is 338 g/mol. The molecule has 1 heterocycles. The number of carbonyl (C=O) groups excluding carboxylic acids is 2. The van der Waals surface area contributed by atoms with Crippen molar-refractivity contribution in [2.75, 3.05) is 26.9 Å². The van der Waals surface area contributed by atoms with Crippen LogP contribution in [0.2, 0.25) is 0 Å². The van der Waals surface area contributed by atoms with E-state index in [-0.39, 0.29) is 31.1 Å². The molecule has 1 saturated heterocycles. The van der Waals surface area contributed by atoms with E-state index in [1.807, 2.05) is 0 Å². The minimum absolute atomic E-state index is 0.0353. The Hall–Kier alpha value is -2.41. The van der Waals surface area contributed by atoms with Gasteiger partial charge in [-0.1, -0.05) is 0 Å². The van der Waals surface area contributed by atoms with Gasteiger partial charge in [0.2, 0.25) is 5.91 Å². The molecule has 1 fully saturated rings. The average molecular weight is 363 g/mol. The van der Waals surface area contributed by atoms with Gasteiger partial charge in [-0.3, -0.25) is 14.4 Å². The van der Waals surface area contributed by atoms with Crippen LogP contribution in [0.25, 0.3) is 0 Å².